The molecule has 0 saturated heterocycles. The molecule has 1 aromatic heterocycles. The number of benzene rings is 2. The number of thiocarbonyl (C=S) groups is 1. The van der Waals surface area contributed by atoms with Crippen LogP contribution in [0.4, 0.5) is 15.8 Å². The molecule has 142 valence electrons. The van der Waals surface area contributed by atoms with Crippen LogP contribution in [0.25, 0.3) is 11.3 Å². The summed E-state index contributed by atoms with van der Waals surface area (Å²) in [5.41, 5.74) is 0.485. The van der Waals surface area contributed by atoms with Crippen LogP contribution >= 0.6 is 23.8 Å². The van der Waals surface area contributed by atoms with E-state index in [-0.39, 0.29) is 32.9 Å². The molecule has 1 heterocycles. The second kappa shape index (κ2) is 8.15. The number of hydrogen-bond acceptors (Lipinski definition) is 5. The van der Waals surface area contributed by atoms with Crippen molar-refractivity contribution in [3.63, 3.8) is 0 Å². The van der Waals surface area contributed by atoms with Crippen molar-refractivity contribution in [2.45, 2.75) is 0 Å². The zero-order valence-corrected chi connectivity index (χ0v) is 15.5. The summed E-state index contributed by atoms with van der Waals surface area (Å²) in [4.78, 5) is 22.9. The molecule has 0 atom stereocenters. The Morgan fingerprint density at radius 2 is 1.93 bits per heavy atom. The number of carbonyl (C=O) groups is 1. The van der Waals surface area contributed by atoms with E-state index >= 15 is 0 Å². The average Bonchev–Trinajstić information content (AvgIpc) is 3.15. The van der Waals surface area contributed by atoms with E-state index < -0.39 is 16.6 Å². The maximum Gasteiger partial charge on any atom is 0.293 e. The van der Waals surface area contributed by atoms with Crippen LogP contribution in [0.3, 0.4) is 0 Å². The van der Waals surface area contributed by atoms with Crippen molar-refractivity contribution < 1.29 is 18.5 Å². The molecule has 0 aliphatic rings. The standard InChI is InChI=1S/C18H11ClFN3O4S/c19-12-9-10(5-6-13(12)20)21-18(28)22-17(24)16-8-7-15(27-16)11-3-1-2-4-14(11)23(25)26/h1-9H,(H2,21,22,24,28). The molecule has 7 nitrogen and oxygen atoms in total. The number of carbonyl (C=O) groups excluding carboxylic acids is 1. The zero-order chi connectivity index (χ0) is 20.3. The number of hydrogen-bond donors (Lipinski definition) is 2. The summed E-state index contributed by atoms with van der Waals surface area (Å²) < 4.78 is 18.6. The Hall–Kier alpha value is -3.30. The third-order valence-corrected chi connectivity index (χ3v) is 4.09. The van der Waals surface area contributed by atoms with Crippen LogP contribution in [0.15, 0.2) is 59.0 Å². The van der Waals surface area contributed by atoms with Gasteiger partial charge in [0.25, 0.3) is 11.6 Å². The quantitative estimate of drug-likeness (QED) is 0.359. The first-order valence-electron chi connectivity index (χ1n) is 7.76. The maximum absolute atomic E-state index is 13.2. The van der Waals surface area contributed by atoms with Crippen LogP contribution in [0.2, 0.25) is 5.02 Å². The maximum atomic E-state index is 13.2. The summed E-state index contributed by atoms with van der Waals surface area (Å²) in [5, 5.41) is 16.1. The zero-order valence-electron chi connectivity index (χ0n) is 13.9. The Bertz CT molecular complexity index is 1090. The molecule has 0 fully saturated rings. The number of halogens is 2. The third-order valence-electron chi connectivity index (χ3n) is 3.60. The van der Waals surface area contributed by atoms with Crippen molar-refractivity contribution in [3.8, 4) is 11.3 Å². The summed E-state index contributed by atoms with van der Waals surface area (Å²) >= 11 is 10.7. The summed E-state index contributed by atoms with van der Waals surface area (Å²) in [6, 6.07) is 12.7. The largest absolute Gasteiger partial charge is 0.451 e. The number of amides is 1. The SMILES string of the molecule is O=C(NC(=S)Nc1ccc(F)c(Cl)c1)c1ccc(-c2ccccc2[N+](=O)[O-])o1. The molecular weight excluding hydrogens is 409 g/mol. The number of rotatable bonds is 4. The van der Waals surface area contributed by atoms with Gasteiger partial charge in [0.05, 0.1) is 15.5 Å². The number of nitro groups is 1. The molecule has 0 radical (unpaired) electrons. The van der Waals surface area contributed by atoms with Gasteiger partial charge in [0.15, 0.2) is 10.9 Å². The van der Waals surface area contributed by atoms with Gasteiger partial charge >= 0.3 is 0 Å². The molecule has 0 bridgehead atoms. The fraction of sp³-hybridized carbons (Fsp3) is 0. The molecule has 0 unspecified atom stereocenters. The smallest absolute Gasteiger partial charge is 0.293 e. The molecule has 3 aromatic rings. The lowest BCUT2D eigenvalue weighted by Gasteiger charge is -2.09. The highest BCUT2D eigenvalue weighted by Crippen LogP contribution is 2.30. The Morgan fingerprint density at radius 1 is 1.18 bits per heavy atom. The van der Waals surface area contributed by atoms with Gasteiger partial charge < -0.3 is 9.73 Å². The molecule has 0 aliphatic heterocycles. The molecule has 10 heteroatoms. The topological polar surface area (TPSA) is 97.4 Å². The minimum Gasteiger partial charge on any atom is -0.451 e. The molecule has 2 N–H and O–H groups in total. The Labute approximate surface area is 168 Å². The van der Waals surface area contributed by atoms with Gasteiger partial charge in [-0.3, -0.25) is 20.2 Å². The average molecular weight is 420 g/mol. The van der Waals surface area contributed by atoms with Crippen molar-refractivity contribution in [1.29, 1.82) is 0 Å². The van der Waals surface area contributed by atoms with E-state index in [0.29, 0.717) is 5.69 Å². The van der Waals surface area contributed by atoms with Gasteiger partial charge in [0, 0.05) is 11.8 Å². The fourth-order valence-corrected chi connectivity index (χ4v) is 2.74. The minimum atomic E-state index is -0.657. The molecule has 0 saturated carbocycles. The van der Waals surface area contributed by atoms with Crippen molar-refractivity contribution in [1.82, 2.24) is 5.32 Å². The normalized spacial score (nSPS) is 10.4. The van der Waals surface area contributed by atoms with Crippen molar-refractivity contribution in [2.75, 3.05) is 5.32 Å². The number of furan rings is 1. The van der Waals surface area contributed by atoms with E-state index in [0.717, 1.165) is 6.07 Å². The van der Waals surface area contributed by atoms with E-state index in [1.54, 1.807) is 6.07 Å². The highest BCUT2D eigenvalue weighted by molar-refractivity contribution is 7.80. The molecular formula is C18H11ClFN3O4S. The molecule has 3 rings (SSSR count). The van der Waals surface area contributed by atoms with Gasteiger partial charge in [0.2, 0.25) is 0 Å². The van der Waals surface area contributed by atoms with Crippen molar-refractivity contribution in [3.05, 3.63) is 81.3 Å². The van der Waals surface area contributed by atoms with E-state index in [4.69, 9.17) is 28.2 Å². The number of para-hydroxylation sites is 1. The first-order chi connectivity index (χ1) is 13.3. The van der Waals surface area contributed by atoms with E-state index in [2.05, 4.69) is 10.6 Å². The van der Waals surface area contributed by atoms with Crippen LogP contribution in [-0.4, -0.2) is 15.9 Å². The lowest BCUT2D eigenvalue weighted by Crippen LogP contribution is -2.33. The predicted molar refractivity (Wildman–Crippen MR) is 106 cm³/mol. The third kappa shape index (κ3) is 4.33. The van der Waals surface area contributed by atoms with Gasteiger partial charge in [-0.25, -0.2) is 4.39 Å². The Morgan fingerprint density at radius 3 is 2.64 bits per heavy atom. The van der Waals surface area contributed by atoms with E-state index in [9.17, 15) is 19.3 Å². The van der Waals surface area contributed by atoms with Gasteiger partial charge in [-0.05, 0) is 48.6 Å². The molecule has 1 amide bonds. The molecule has 0 spiro atoms. The van der Waals surface area contributed by atoms with Crippen LogP contribution in [0, 0.1) is 15.9 Å². The van der Waals surface area contributed by atoms with Crippen LogP contribution < -0.4 is 10.6 Å². The molecule has 0 aliphatic carbocycles. The first-order valence-corrected chi connectivity index (χ1v) is 8.55. The first kappa shape index (κ1) is 19.5. The number of nitrogens with zero attached hydrogens (tertiary/aromatic N) is 1. The van der Waals surface area contributed by atoms with Gasteiger partial charge in [-0.2, -0.15) is 0 Å². The summed E-state index contributed by atoms with van der Waals surface area (Å²) in [7, 11) is 0. The van der Waals surface area contributed by atoms with Crippen LogP contribution in [0.5, 0.6) is 0 Å². The van der Waals surface area contributed by atoms with Gasteiger partial charge in [-0.15, -0.1) is 0 Å². The summed E-state index contributed by atoms with van der Waals surface area (Å²) in [5.74, 6) is -1.16. The molecule has 28 heavy (non-hydrogen) atoms. The lowest BCUT2D eigenvalue weighted by molar-refractivity contribution is -0.384. The van der Waals surface area contributed by atoms with Crippen LogP contribution in [-0.2, 0) is 0 Å². The van der Waals surface area contributed by atoms with Crippen LogP contribution in [0.1, 0.15) is 10.6 Å². The monoisotopic (exact) mass is 419 g/mol. The van der Waals surface area contributed by atoms with Gasteiger partial charge in [0.1, 0.15) is 11.6 Å². The molecule has 2 aromatic carbocycles. The Balaban J connectivity index is 1.71. The highest BCUT2D eigenvalue weighted by Gasteiger charge is 2.19. The minimum absolute atomic E-state index is 0.0590. The summed E-state index contributed by atoms with van der Waals surface area (Å²) in [6.45, 7) is 0. The van der Waals surface area contributed by atoms with E-state index in [1.165, 1.54) is 42.5 Å². The summed E-state index contributed by atoms with van der Waals surface area (Å²) in [6.07, 6.45) is 0. The predicted octanol–water partition coefficient (Wildman–Crippen LogP) is 4.77. The Kier molecular flexibility index (Phi) is 5.67. The second-order valence-corrected chi connectivity index (χ2v) is 6.29. The number of anilines is 1. The number of nitrogens with one attached hydrogen (secondary N) is 2. The lowest BCUT2D eigenvalue weighted by atomic mass is 10.1. The highest BCUT2D eigenvalue weighted by atomic mass is 35.5. The van der Waals surface area contributed by atoms with E-state index in [1.807, 2.05) is 0 Å². The second-order valence-electron chi connectivity index (χ2n) is 5.48. The van der Waals surface area contributed by atoms with Crippen molar-refractivity contribution in [2.24, 2.45) is 0 Å². The number of nitro benzene ring substituents is 1. The van der Waals surface area contributed by atoms with Gasteiger partial charge in [-0.1, -0.05) is 23.7 Å². The van der Waals surface area contributed by atoms with Crippen molar-refractivity contribution >= 4 is 46.2 Å². The fourth-order valence-electron chi connectivity index (χ4n) is 2.35.